The minimum absolute atomic E-state index is 0.235. The van der Waals surface area contributed by atoms with Crippen molar-refractivity contribution in [3.8, 4) is 11.5 Å². The van der Waals surface area contributed by atoms with Crippen molar-refractivity contribution in [2.24, 2.45) is 23.7 Å². The molecule has 4 unspecified atom stereocenters. The highest BCUT2D eigenvalue weighted by atomic mass is 16.3. The van der Waals surface area contributed by atoms with Gasteiger partial charge in [-0.05, 0) is 67.9 Å². The topological polar surface area (TPSA) is 40.5 Å². The summed E-state index contributed by atoms with van der Waals surface area (Å²) in [5, 5.41) is 21.4. The SMILES string of the molecule is Oc1ccccc1C1(c2ccccc2O)CCC2C3CCC(C3)C21. The highest BCUT2D eigenvalue weighted by molar-refractivity contribution is 5.53. The summed E-state index contributed by atoms with van der Waals surface area (Å²) >= 11 is 0. The number of aromatic hydroxyl groups is 2. The van der Waals surface area contributed by atoms with E-state index in [1.807, 2.05) is 24.3 Å². The van der Waals surface area contributed by atoms with Gasteiger partial charge in [-0.1, -0.05) is 36.4 Å². The largest absolute Gasteiger partial charge is 0.508 e. The molecule has 2 bridgehead atoms. The van der Waals surface area contributed by atoms with Gasteiger partial charge in [-0.2, -0.15) is 0 Å². The Morgan fingerprint density at radius 3 is 1.96 bits per heavy atom. The Balaban J connectivity index is 1.77. The van der Waals surface area contributed by atoms with Gasteiger partial charge in [-0.15, -0.1) is 0 Å². The van der Waals surface area contributed by atoms with E-state index in [2.05, 4.69) is 12.1 Å². The predicted molar refractivity (Wildman–Crippen MR) is 94.0 cm³/mol. The highest BCUT2D eigenvalue weighted by Gasteiger charge is 2.62. The van der Waals surface area contributed by atoms with E-state index in [9.17, 15) is 10.2 Å². The molecule has 5 rings (SSSR count). The van der Waals surface area contributed by atoms with Crippen molar-refractivity contribution in [1.29, 1.82) is 0 Å². The van der Waals surface area contributed by atoms with Gasteiger partial charge in [0.15, 0.2) is 0 Å². The van der Waals surface area contributed by atoms with Crippen LogP contribution in [0.5, 0.6) is 11.5 Å². The first-order valence-corrected chi connectivity index (χ1v) is 9.29. The quantitative estimate of drug-likeness (QED) is 0.831. The zero-order valence-electron chi connectivity index (χ0n) is 13.9. The second-order valence-electron chi connectivity index (χ2n) is 8.07. The standard InChI is InChI=1S/C22H24O2/c23-19-7-3-1-5-17(19)22(18-6-2-4-8-20(18)24)12-11-16-14-9-10-15(13-14)21(16)22/h1-8,14-16,21,23-24H,9-13H2. The molecule has 0 aliphatic heterocycles. The molecule has 2 heteroatoms. The summed E-state index contributed by atoms with van der Waals surface area (Å²) in [4.78, 5) is 0. The van der Waals surface area contributed by atoms with Crippen LogP contribution in [0.4, 0.5) is 0 Å². The fraction of sp³-hybridized carbons (Fsp3) is 0.455. The number of fused-ring (bicyclic) bond motifs is 5. The maximum Gasteiger partial charge on any atom is 0.119 e. The summed E-state index contributed by atoms with van der Waals surface area (Å²) in [7, 11) is 0. The molecule has 4 atom stereocenters. The Bertz CT molecular complexity index is 736. The maximum atomic E-state index is 10.7. The fourth-order valence-electron chi connectivity index (χ4n) is 6.63. The van der Waals surface area contributed by atoms with Crippen molar-refractivity contribution >= 4 is 0 Å². The third-order valence-electron chi connectivity index (χ3n) is 7.30. The Kier molecular flexibility index (Phi) is 3.01. The van der Waals surface area contributed by atoms with E-state index in [1.54, 1.807) is 12.1 Å². The Labute approximate surface area is 143 Å². The highest BCUT2D eigenvalue weighted by Crippen LogP contribution is 2.68. The van der Waals surface area contributed by atoms with Gasteiger partial charge < -0.3 is 10.2 Å². The first-order valence-electron chi connectivity index (χ1n) is 9.29. The van der Waals surface area contributed by atoms with Crippen molar-refractivity contribution in [3.63, 3.8) is 0 Å². The molecule has 2 aromatic carbocycles. The van der Waals surface area contributed by atoms with E-state index in [1.165, 1.54) is 25.7 Å². The van der Waals surface area contributed by atoms with E-state index in [0.29, 0.717) is 17.4 Å². The van der Waals surface area contributed by atoms with Crippen LogP contribution in [0.3, 0.4) is 0 Å². The van der Waals surface area contributed by atoms with Crippen LogP contribution in [0.2, 0.25) is 0 Å². The van der Waals surface area contributed by atoms with Crippen molar-refractivity contribution < 1.29 is 10.2 Å². The first-order chi connectivity index (χ1) is 11.7. The molecule has 2 nitrogen and oxygen atoms in total. The van der Waals surface area contributed by atoms with Gasteiger partial charge in [-0.3, -0.25) is 0 Å². The summed E-state index contributed by atoms with van der Waals surface area (Å²) in [5.41, 5.74) is 1.80. The minimum Gasteiger partial charge on any atom is -0.508 e. The van der Waals surface area contributed by atoms with Crippen molar-refractivity contribution in [1.82, 2.24) is 0 Å². The smallest absolute Gasteiger partial charge is 0.119 e. The number of phenols is 2. The molecule has 3 aliphatic rings. The van der Waals surface area contributed by atoms with E-state index in [0.717, 1.165) is 35.3 Å². The van der Waals surface area contributed by atoms with Gasteiger partial charge in [0, 0.05) is 16.5 Å². The van der Waals surface area contributed by atoms with E-state index < -0.39 is 0 Å². The number of hydrogen-bond donors (Lipinski definition) is 2. The number of phenolic OH excluding ortho intramolecular Hbond substituents is 2. The Morgan fingerprint density at radius 1 is 0.750 bits per heavy atom. The van der Waals surface area contributed by atoms with Crippen LogP contribution >= 0.6 is 0 Å². The van der Waals surface area contributed by atoms with Crippen LogP contribution in [0.25, 0.3) is 0 Å². The lowest BCUT2D eigenvalue weighted by Crippen LogP contribution is -2.37. The second-order valence-corrected chi connectivity index (χ2v) is 8.07. The molecule has 2 N–H and O–H groups in total. The number of hydrogen-bond acceptors (Lipinski definition) is 2. The predicted octanol–water partition coefficient (Wildman–Crippen LogP) is 4.84. The summed E-state index contributed by atoms with van der Waals surface area (Å²) in [6.45, 7) is 0. The average molecular weight is 320 g/mol. The summed E-state index contributed by atoms with van der Waals surface area (Å²) < 4.78 is 0. The van der Waals surface area contributed by atoms with Crippen LogP contribution in [-0.4, -0.2) is 10.2 Å². The monoisotopic (exact) mass is 320 g/mol. The summed E-state index contributed by atoms with van der Waals surface area (Å²) in [5.74, 6) is 3.66. The molecule has 124 valence electrons. The van der Waals surface area contributed by atoms with Gasteiger partial charge in [-0.25, -0.2) is 0 Å². The minimum atomic E-state index is -0.235. The van der Waals surface area contributed by atoms with Crippen LogP contribution in [-0.2, 0) is 5.41 Å². The fourth-order valence-corrected chi connectivity index (χ4v) is 6.63. The van der Waals surface area contributed by atoms with Gasteiger partial charge >= 0.3 is 0 Å². The maximum absolute atomic E-state index is 10.7. The van der Waals surface area contributed by atoms with E-state index in [-0.39, 0.29) is 5.41 Å². The molecule has 0 heterocycles. The molecule has 3 fully saturated rings. The molecule has 0 amide bonds. The summed E-state index contributed by atoms with van der Waals surface area (Å²) in [6.07, 6.45) is 6.29. The normalized spacial score (nSPS) is 32.8. The number of benzene rings is 2. The Morgan fingerprint density at radius 2 is 1.33 bits per heavy atom. The van der Waals surface area contributed by atoms with Gasteiger partial charge in [0.05, 0.1) is 0 Å². The van der Waals surface area contributed by atoms with Gasteiger partial charge in [0.1, 0.15) is 11.5 Å². The van der Waals surface area contributed by atoms with Crippen LogP contribution in [0.15, 0.2) is 48.5 Å². The lowest BCUT2D eigenvalue weighted by Gasteiger charge is -2.41. The average Bonchev–Trinajstić information content (AvgIpc) is 3.29. The molecule has 0 radical (unpaired) electrons. The third kappa shape index (κ3) is 1.72. The summed E-state index contributed by atoms with van der Waals surface area (Å²) in [6, 6.07) is 15.6. The lowest BCUT2D eigenvalue weighted by atomic mass is 9.61. The van der Waals surface area contributed by atoms with Crippen LogP contribution in [0.1, 0.15) is 43.2 Å². The van der Waals surface area contributed by atoms with E-state index >= 15 is 0 Å². The molecule has 0 aromatic heterocycles. The molecule has 0 spiro atoms. The van der Waals surface area contributed by atoms with Crippen molar-refractivity contribution in [2.45, 2.75) is 37.5 Å². The molecule has 0 saturated heterocycles. The zero-order chi connectivity index (χ0) is 16.3. The molecule has 24 heavy (non-hydrogen) atoms. The molecule has 2 aromatic rings. The number of rotatable bonds is 2. The lowest BCUT2D eigenvalue weighted by molar-refractivity contribution is 0.200. The zero-order valence-corrected chi connectivity index (χ0v) is 13.9. The van der Waals surface area contributed by atoms with Gasteiger partial charge in [0.25, 0.3) is 0 Å². The third-order valence-corrected chi connectivity index (χ3v) is 7.30. The molecule has 3 aliphatic carbocycles. The number of para-hydroxylation sites is 2. The first kappa shape index (κ1) is 14.4. The van der Waals surface area contributed by atoms with Crippen LogP contribution < -0.4 is 0 Å². The van der Waals surface area contributed by atoms with Crippen molar-refractivity contribution in [2.75, 3.05) is 0 Å². The molecular weight excluding hydrogens is 296 g/mol. The van der Waals surface area contributed by atoms with Crippen LogP contribution in [0, 0.1) is 23.7 Å². The molecule has 3 saturated carbocycles. The second kappa shape index (κ2) is 5.02. The van der Waals surface area contributed by atoms with Gasteiger partial charge in [0.2, 0.25) is 0 Å². The van der Waals surface area contributed by atoms with Crippen molar-refractivity contribution in [3.05, 3.63) is 59.7 Å². The molecular formula is C22H24O2. The van der Waals surface area contributed by atoms with E-state index in [4.69, 9.17) is 0 Å². The Hall–Kier alpha value is -1.96.